The van der Waals surface area contributed by atoms with E-state index in [0.717, 1.165) is 28.3 Å². The topological polar surface area (TPSA) is 77.8 Å². The molecule has 0 saturated heterocycles. The quantitative estimate of drug-likeness (QED) is 0.327. The van der Waals surface area contributed by atoms with Crippen molar-refractivity contribution in [2.75, 3.05) is 4.31 Å². The van der Waals surface area contributed by atoms with Gasteiger partial charge in [0, 0.05) is 5.39 Å². The van der Waals surface area contributed by atoms with Gasteiger partial charge >= 0.3 is 5.97 Å². The first kappa shape index (κ1) is 21.7. The third-order valence-corrected chi connectivity index (χ3v) is 6.14. The molecule has 6 heteroatoms. The van der Waals surface area contributed by atoms with Crippen LogP contribution in [0.2, 0.25) is 0 Å². The Hall–Kier alpha value is -3.48. The van der Waals surface area contributed by atoms with Crippen molar-refractivity contribution in [3.8, 4) is 0 Å². The smallest absolute Gasteiger partial charge is 0.335 e. The Kier molecular flexibility index (Phi) is 6.63. The van der Waals surface area contributed by atoms with Crippen molar-refractivity contribution in [2.45, 2.75) is 19.3 Å². The van der Waals surface area contributed by atoms with Gasteiger partial charge in [0.1, 0.15) is 0 Å². The van der Waals surface area contributed by atoms with Crippen LogP contribution in [0.3, 0.4) is 0 Å². The molecule has 5 nitrogen and oxygen atoms in total. The maximum atomic E-state index is 12.5. The maximum absolute atomic E-state index is 12.5. The highest BCUT2D eigenvalue weighted by Gasteiger charge is 2.20. The average Bonchev–Trinajstić information content (AvgIpc) is 2.80. The third kappa shape index (κ3) is 4.72. The van der Waals surface area contributed by atoms with E-state index in [0.29, 0.717) is 24.2 Å². The lowest BCUT2D eigenvalue weighted by molar-refractivity contribution is 0.0696. The zero-order valence-corrected chi connectivity index (χ0v) is 18.2. The largest absolute Gasteiger partial charge is 0.478 e. The summed E-state index contributed by atoms with van der Waals surface area (Å²) >= 11 is -2.25. The minimum Gasteiger partial charge on any atom is -0.478 e. The standard InChI is InChI=1S/C26H23NO4S/c28-26(29)22-14-6-9-19(18-22)8-5-13-21-11-2-4-16-24(21)27(32(30)31)25-17-7-12-20-10-1-3-15-23(20)25/h1-4,6-7,9-12,14-18H,5,8,13H2,(H,28,29)(H,30,31). The Morgan fingerprint density at radius 3 is 2.31 bits per heavy atom. The van der Waals surface area contributed by atoms with Gasteiger partial charge in [0.25, 0.3) is 11.3 Å². The van der Waals surface area contributed by atoms with Gasteiger partial charge in [0.05, 0.1) is 16.9 Å². The van der Waals surface area contributed by atoms with Gasteiger partial charge in [0.2, 0.25) is 0 Å². The Balaban J connectivity index is 1.62. The van der Waals surface area contributed by atoms with E-state index < -0.39 is 17.2 Å². The van der Waals surface area contributed by atoms with Crippen molar-refractivity contribution in [3.63, 3.8) is 0 Å². The van der Waals surface area contributed by atoms with Gasteiger partial charge in [-0.25, -0.2) is 13.3 Å². The van der Waals surface area contributed by atoms with Crippen molar-refractivity contribution in [2.24, 2.45) is 0 Å². The first-order valence-corrected chi connectivity index (χ1v) is 11.4. The van der Waals surface area contributed by atoms with Crippen molar-refractivity contribution < 1.29 is 18.7 Å². The molecular formula is C26H23NO4S. The molecule has 0 aliphatic heterocycles. The van der Waals surface area contributed by atoms with Crippen molar-refractivity contribution >= 4 is 39.4 Å². The summed E-state index contributed by atoms with van der Waals surface area (Å²) < 4.78 is 24.2. The van der Waals surface area contributed by atoms with Crippen LogP contribution in [0.5, 0.6) is 0 Å². The number of para-hydroxylation sites is 1. The number of carbonyl (C=O) groups is 1. The van der Waals surface area contributed by atoms with Crippen LogP contribution >= 0.6 is 0 Å². The second-order valence-electron chi connectivity index (χ2n) is 7.51. The monoisotopic (exact) mass is 445 g/mol. The molecule has 4 aromatic carbocycles. The number of carboxylic acid groups (broad SMARTS) is 1. The highest BCUT2D eigenvalue weighted by atomic mass is 32.2. The molecule has 4 aromatic rings. The summed E-state index contributed by atoms with van der Waals surface area (Å²) in [7, 11) is 0. The number of anilines is 2. The molecule has 0 aliphatic carbocycles. The van der Waals surface area contributed by atoms with E-state index >= 15 is 0 Å². The van der Waals surface area contributed by atoms with E-state index in [4.69, 9.17) is 0 Å². The maximum Gasteiger partial charge on any atom is 0.335 e. The minimum absolute atomic E-state index is 0.278. The van der Waals surface area contributed by atoms with E-state index in [1.54, 1.807) is 18.2 Å². The number of carboxylic acids is 1. The number of hydrogen-bond acceptors (Lipinski definition) is 2. The number of aryl methyl sites for hydroxylation is 2. The number of fused-ring (bicyclic) bond motifs is 1. The van der Waals surface area contributed by atoms with Crippen LogP contribution in [0.25, 0.3) is 10.8 Å². The summed E-state index contributed by atoms with van der Waals surface area (Å²) in [5, 5.41) is 11.1. The number of hydrogen-bond donors (Lipinski definition) is 2. The van der Waals surface area contributed by atoms with E-state index in [-0.39, 0.29) is 5.56 Å². The molecule has 0 spiro atoms. The molecule has 0 heterocycles. The minimum atomic E-state index is -2.25. The normalized spacial score (nSPS) is 11.9. The van der Waals surface area contributed by atoms with Gasteiger partial charge < -0.3 is 5.11 Å². The predicted molar refractivity (Wildman–Crippen MR) is 129 cm³/mol. The van der Waals surface area contributed by atoms with Gasteiger partial charge in [-0.3, -0.25) is 4.55 Å². The molecular weight excluding hydrogens is 422 g/mol. The molecule has 0 radical (unpaired) electrons. The molecule has 4 rings (SSSR count). The Morgan fingerprint density at radius 2 is 1.50 bits per heavy atom. The van der Waals surface area contributed by atoms with E-state index in [1.807, 2.05) is 72.8 Å². The van der Waals surface area contributed by atoms with Crippen LogP contribution in [0.4, 0.5) is 11.4 Å². The fourth-order valence-corrected chi connectivity index (χ4v) is 4.62. The van der Waals surface area contributed by atoms with Gasteiger partial charge in [-0.2, -0.15) is 0 Å². The third-order valence-electron chi connectivity index (χ3n) is 5.44. The number of nitrogens with zero attached hydrogens (tertiary/aromatic N) is 1. The summed E-state index contributed by atoms with van der Waals surface area (Å²) in [6.45, 7) is 0. The Morgan fingerprint density at radius 1 is 0.812 bits per heavy atom. The fourth-order valence-electron chi connectivity index (χ4n) is 3.95. The molecule has 2 N–H and O–H groups in total. The van der Waals surface area contributed by atoms with Crippen LogP contribution in [0, 0.1) is 0 Å². The van der Waals surface area contributed by atoms with Crippen LogP contribution in [0.1, 0.15) is 27.9 Å². The summed E-state index contributed by atoms with van der Waals surface area (Å²) in [5.41, 5.74) is 3.55. The first-order chi connectivity index (χ1) is 15.5. The van der Waals surface area contributed by atoms with Gasteiger partial charge in [-0.05, 0) is 60.0 Å². The van der Waals surface area contributed by atoms with Gasteiger partial charge in [0.15, 0.2) is 0 Å². The molecule has 162 valence electrons. The summed E-state index contributed by atoms with van der Waals surface area (Å²) in [6.07, 6.45) is 2.18. The summed E-state index contributed by atoms with van der Waals surface area (Å²) in [5.74, 6) is -0.937. The molecule has 0 bridgehead atoms. The molecule has 0 aromatic heterocycles. The molecule has 1 atom stereocenters. The van der Waals surface area contributed by atoms with Gasteiger partial charge in [-0.1, -0.05) is 66.7 Å². The molecule has 0 amide bonds. The number of rotatable bonds is 8. The highest BCUT2D eigenvalue weighted by molar-refractivity contribution is 7.81. The highest BCUT2D eigenvalue weighted by Crippen LogP contribution is 2.35. The molecule has 0 saturated carbocycles. The lowest BCUT2D eigenvalue weighted by atomic mass is 10.0. The molecule has 1 unspecified atom stereocenters. The predicted octanol–water partition coefficient (Wildman–Crippen LogP) is 5.99. The van der Waals surface area contributed by atoms with Crippen molar-refractivity contribution in [1.82, 2.24) is 0 Å². The van der Waals surface area contributed by atoms with E-state index in [1.165, 1.54) is 4.31 Å². The zero-order chi connectivity index (χ0) is 22.5. The summed E-state index contributed by atoms with van der Waals surface area (Å²) in [6, 6.07) is 28.1. The SMILES string of the molecule is O=C(O)c1cccc(CCCc2ccccc2N(c2cccc3ccccc23)S(=O)O)c1. The molecule has 32 heavy (non-hydrogen) atoms. The van der Waals surface area contributed by atoms with Crippen LogP contribution in [-0.2, 0) is 24.1 Å². The van der Waals surface area contributed by atoms with Crippen LogP contribution in [0.15, 0.2) is 91.0 Å². The first-order valence-electron chi connectivity index (χ1n) is 10.3. The lowest BCUT2D eigenvalue weighted by Crippen LogP contribution is -2.21. The van der Waals surface area contributed by atoms with Crippen molar-refractivity contribution in [3.05, 3.63) is 108 Å². The fraction of sp³-hybridized carbons (Fsp3) is 0.115. The van der Waals surface area contributed by atoms with Gasteiger partial charge in [-0.15, -0.1) is 0 Å². The average molecular weight is 446 g/mol. The summed E-state index contributed by atoms with van der Waals surface area (Å²) in [4.78, 5) is 11.2. The number of aromatic carboxylic acids is 1. The van der Waals surface area contributed by atoms with Crippen LogP contribution in [-0.4, -0.2) is 19.8 Å². The van der Waals surface area contributed by atoms with E-state index in [2.05, 4.69) is 0 Å². The van der Waals surface area contributed by atoms with E-state index in [9.17, 15) is 18.7 Å². The second kappa shape index (κ2) is 9.77. The second-order valence-corrected chi connectivity index (χ2v) is 8.34. The number of benzene rings is 4. The molecule has 0 fully saturated rings. The Bertz CT molecular complexity index is 1280. The Labute approximate surface area is 189 Å². The lowest BCUT2D eigenvalue weighted by Gasteiger charge is -2.24. The van der Waals surface area contributed by atoms with Crippen LogP contribution < -0.4 is 4.31 Å². The zero-order valence-electron chi connectivity index (χ0n) is 17.3. The molecule has 0 aliphatic rings. The van der Waals surface area contributed by atoms with Crippen molar-refractivity contribution in [1.29, 1.82) is 0 Å².